The molecule has 1 nitrogen and oxygen atoms in total. The Kier molecular flexibility index (Phi) is 3.41. The highest BCUT2D eigenvalue weighted by atomic mass is 35.5. The molecule has 124 valence electrons. The van der Waals surface area contributed by atoms with Crippen molar-refractivity contribution in [2.75, 3.05) is 0 Å². The van der Waals surface area contributed by atoms with E-state index in [0.717, 1.165) is 0 Å². The SMILES string of the molecule is Fc1nc(F)c(F)c(CC2(F)C(F)(F)C(F)(F)C2(F)Cl)c1F. The first kappa shape index (κ1) is 17.1. The summed E-state index contributed by atoms with van der Waals surface area (Å²) >= 11 is 4.40. The van der Waals surface area contributed by atoms with Gasteiger partial charge < -0.3 is 0 Å². The van der Waals surface area contributed by atoms with Crippen LogP contribution < -0.4 is 0 Å². The second-order valence-electron chi connectivity index (χ2n) is 4.50. The molecular weight excluding hydrogens is 360 g/mol. The topological polar surface area (TPSA) is 12.9 Å². The van der Waals surface area contributed by atoms with Crippen molar-refractivity contribution in [2.45, 2.75) is 29.1 Å². The van der Waals surface area contributed by atoms with Crippen molar-refractivity contribution in [3.05, 3.63) is 29.1 Å². The van der Waals surface area contributed by atoms with Gasteiger partial charge in [-0.05, 0) is 0 Å². The van der Waals surface area contributed by atoms with E-state index in [1.54, 1.807) is 0 Å². The van der Waals surface area contributed by atoms with Gasteiger partial charge in [0.2, 0.25) is 5.67 Å². The number of alkyl halides is 7. The van der Waals surface area contributed by atoms with E-state index in [0.29, 0.717) is 0 Å². The van der Waals surface area contributed by atoms with Crippen LogP contribution in [0.4, 0.5) is 43.9 Å². The lowest BCUT2D eigenvalue weighted by Crippen LogP contribution is -2.84. The summed E-state index contributed by atoms with van der Waals surface area (Å²) in [5.74, 6) is -21.1. The highest BCUT2D eigenvalue weighted by Gasteiger charge is 2.97. The third kappa shape index (κ3) is 1.65. The molecule has 1 saturated carbocycles. The van der Waals surface area contributed by atoms with Gasteiger partial charge in [-0.25, -0.2) is 17.6 Å². The van der Waals surface area contributed by atoms with Crippen molar-refractivity contribution in [3.8, 4) is 0 Å². The van der Waals surface area contributed by atoms with Gasteiger partial charge in [0, 0.05) is 12.0 Å². The molecule has 1 aliphatic rings. The van der Waals surface area contributed by atoms with E-state index < -0.39 is 58.2 Å². The molecule has 1 aromatic heterocycles. The zero-order valence-electron chi connectivity index (χ0n) is 9.81. The van der Waals surface area contributed by atoms with E-state index in [2.05, 4.69) is 11.6 Å². The molecule has 12 heteroatoms. The van der Waals surface area contributed by atoms with Crippen LogP contribution in [0.1, 0.15) is 5.56 Å². The molecule has 2 unspecified atom stereocenters. The van der Waals surface area contributed by atoms with Crippen LogP contribution in [0.25, 0.3) is 0 Å². The van der Waals surface area contributed by atoms with Crippen molar-refractivity contribution in [1.29, 1.82) is 0 Å². The van der Waals surface area contributed by atoms with Gasteiger partial charge in [0.1, 0.15) is 0 Å². The molecule has 0 spiro atoms. The van der Waals surface area contributed by atoms with Crippen LogP contribution >= 0.6 is 11.6 Å². The van der Waals surface area contributed by atoms with Gasteiger partial charge in [-0.15, -0.1) is 0 Å². The van der Waals surface area contributed by atoms with Crippen molar-refractivity contribution in [3.63, 3.8) is 0 Å². The molecule has 0 aliphatic heterocycles. The predicted octanol–water partition coefficient (Wildman–Crippen LogP) is 4.08. The Morgan fingerprint density at radius 3 is 1.55 bits per heavy atom. The first-order chi connectivity index (χ1) is 9.72. The van der Waals surface area contributed by atoms with E-state index in [9.17, 15) is 43.9 Å². The molecule has 2 rings (SSSR count). The Bertz CT molecular complexity index is 599. The van der Waals surface area contributed by atoms with Crippen molar-refractivity contribution < 1.29 is 43.9 Å². The van der Waals surface area contributed by atoms with E-state index in [1.807, 2.05) is 4.98 Å². The number of rotatable bonds is 2. The first-order valence-electron chi connectivity index (χ1n) is 5.23. The number of hydrogen-bond acceptors (Lipinski definition) is 1. The molecule has 0 N–H and O–H groups in total. The fourth-order valence-electron chi connectivity index (χ4n) is 1.98. The second-order valence-corrected chi connectivity index (χ2v) is 5.02. The molecule has 1 heterocycles. The summed E-state index contributed by atoms with van der Waals surface area (Å²) in [7, 11) is 0. The maximum absolute atomic E-state index is 13.9. The number of aromatic nitrogens is 1. The third-order valence-corrected chi connectivity index (χ3v) is 3.83. The summed E-state index contributed by atoms with van der Waals surface area (Å²) in [4.78, 5) is 2.04. The first-order valence-corrected chi connectivity index (χ1v) is 5.61. The molecule has 0 aromatic carbocycles. The molecular formula is C10H2ClF10N. The monoisotopic (exact) mass is 361 g/mol. The Labute approximate surface area is 119 Å². The minimum atomic E-state index is -5.77. The van der Waals surface area contributed by atoms with Gasteiger partial charge in [-0.2, -0.15) is 31.3 Å². The van der Waals surface area contributed by atoms with Crippen LogP contribution in [0.5, 0.6) is 0 Å². The lowest BCUT2D eigenvalue weighted by atomic mass is 9.68. The predicted molar refractivity (Wildman–Crippen MR) is 51.2 cm³/mol. The van der Waals surface area contributed by atoms with Gasteiger partial charge >= 0.3 is 11.8 Å². The van der Waals surface area contributed by atoms with E-state index in [4.69, 9.17) is 0 Å². The summed E-state index contributed by atoms with van der Waals surface area (Å²) in [6.45, 7) is 0. The summed E-state index contributed by atoms with van der Waals surface area (Å²) in [5.41, 5.74) is -7.07. The van der Waals surface area contributed by atoms with E-state index in [-0.39, 0.29) is 0 Å². The van der Waals surface area contributed by atoms with E-state index >= 15 is 0 Å². The standard InChI is InChI=1S/C10H2ClF10N/c11-8(17)7(16,9(18,19)10(8,20)21)1-2-3(12)5(14)22-6(15)4(2)13/h1H2. The molecule has 0 saturated heterocycles. The average Bonchev–Trinajstić information content (AvgIpc) is 2.39. The quantitative estimate of drug-likeness (QED) is 0.439. The summed E-state index contributed by atoms with van der Waals surface area (Å²) in [6, 6.07) is 0. The Balaban J connectivity index is 2.57. The average molecular weight is 362 g/mol. The molecule has 1 aliphatic carbocycles. The molecule has 22 heavy (non-hydrogen) atoms. The maximum atomic E-state index is 13.9. The fourth-order valence-corrected chi connectivity index (χ4v) is 2.28. The fraction of sp³-hybridized carbons (Fsp3) is 0.500. The van der Waals surface area contributed by atoms with E-state index in [1.165, 1.54) is 0 Å². The maximum Gasteiger partial charge on any atom is 0.364 e. The molecule has 2 atom stereocenters. The third-order valence-electron chi connectivity index (χ3n) is 3.29. The van der Waals surface area contributed by atoms with Crippen LogP contribution in [-0.4, -0.2) is 27.6 Å². The molecule has 0 radical (unpaired) electrons. The number of nitrogens with zero attached hydrogens (tertiary/aromatic N) is 1. The highest BCUT2D eigenvalue weighted by molar-refractivity contribution is 6.25. The minimum absolute atomic E-state index is 2.04. The van der Waals surface area contributed by atoms with Gasteiger partial charge in [-0.3, -0.25) is 0 Å². The molecule has 0 bridgehead atoms. The van der Waals surface area contributed by atoms with Crippen LogP contribution in [0.15, 0.2) is 0 Å². The lowest BCUT2D eigenvalue weighted by Gasteiger charge is -2.55. The Morgan fingerprint density at radius 1 is 0.773 bits per heavy atom. The smallest absolute Gasteiger partial charge is 0.231 e. The Hall–Kier alpha value is -1.26. The minimum Gasteiger partial charge on any atom is -0.231 e. The summed E-state index contributed by atoms with van der Waals surface area (Å²) < 4.78 is 131. The largest absolute Gasteiger partial charge is 0.364 e. The normalized spacial score (nSPS) is 32.7. The van der Waals surface area contributed by atoms with Gasteiger partial charge in [0.25, 0.3) is 17.0 Å². The summed E-state index contributed by atoms with van der Waals surface area (Å²) in [5, 5.41) is -5.04. The van der Waals surface area contributed by atoms with Gasteiger partial charge in [0.05, 0.1) is 0 Å². The zero-order chi connectivity index (χ0) is 17.3. The highest BCUT2D eigenvalue weighted by Crippen LogP contribution is 2.70. The molecule has 0 amide bonds. The van der Waals surface area contributed by atoms with Crippen LogP contribution in [0.2, 0.25) is 0 Å². The second kappa shape index (κ2) is 4.39. The van der Waals surface area contributed by atoms with Crippen molar-refractivity contribution in [1.82, 2.24) is 4.98 Å². The van der Waals surface area contributed by atoms with Crippen LogP contribution in [0.3, 0.4) is 0 Å². The van der Waals surface area contributed by atoms with Crippen LogP contribution in [-0.2, 0) is 6.42 Å². The number of halogens is 11. The number of hydrogen-bond donors (Lipinski definition) is 0. The van der Waals surface area contributed by atoms with Crippen molar-refractivity contribution in [2.24, 2.45) is 0 Å². The number of pyridine rings is 1. The molecule has 1 fully saturated rings. The van der Waals surface area contributed by atoms with Gasteiger partial charge in [-0.1, -0.05) is 11.6 Å². The van der Waals surface area contributed by atoms with Gasteiger partial charge in [0.15, 0.2) is 11.6 Å². The zero-order valence-corrected chi connectivity index (χ0v) is 10.6. The Morgan fingerprint density at radius 2 is 1.18 bits per heavy atom. The lowest BCUT2D eigenvalue weighted by molar-refractivity contribution is -0.410. The van der Waals surface area contributed by atoms with Crippen LogP contribution in [0, 0.1) is 23.5 Å². The molecule has 1 aromatic rings. The van der Waals surface area contributed by atoms with Crippen molar-refractivity contribution >= 4 is 11.6 Å². The summed E-state index contributed by atoms with van der Waals surface area (Å²) in [6.07, 6.45) is -2.48.